The Bertz CT molecular complexity index is 3010. The van der Waals surface area contributed by atoms with Gasteiger partial charge in [-0.15, -0.1) is 0 Å². The third-order valence-corrected chi connectivity index (χ3v) is 11.3. The summed E-state index contributed by atoms with van der Waals surface area (Å²) in [6.45, 7) is 5.07. The fourth-order valence-corrected chi connectivity index (χ4v) is 8.11. The van der Waals surface area contributed by atoms with Crippen LogP contribution in [0.4, 0.5) is 11.6 Å². The van der Waals surface area contributed by atoms with Gasteiger partial charge in [0, 0.05) is 28.8 Å². The molecule has 2 heterocycles. The van der Waals surface area contributed by atoms with Gasteiger partial charge in [-0.1, -0.05) is 219 Å². The SMILES string of the molecule is C=C1/C=C\C=C/CN(c2nc(-c3ccccc3)nc(-c3ccc(-c4ccccc4)cc3)n2)c2c1cccc2-c1ccc(-c2cc(-c3ccccc3)cc(-c3ccccc3)c2)cc1. The van der Waals surface area contributed by atoms with Gasteiger partial charge < -0.3 is 4.90 Å². The van der Waals surface area contributed by atoms with Crippen molar-refractivity contribution in [2.45, 2.75) is 0 Å². The molecule has 62 heavy (non-hydrogen) atoms. The fourth-order valence-electron chi connectivity index (χ4n) is 8.11. The Morgan fingerprint density at radius 3 is 1.29 bits per heavy atom. The van der Waals surface area contributed by atoms with E-state index in [1.807, 2.05) is 42.5 Å². The molecule has 0 saturated heterocycles. The highest BCUT2D eigenvalue weighted by molar-refractivity contribution is 5.94. The zero-order chi connectivity index (χ0) is 41.7. The van der Waals surface area contributed by atoms with Gasteiger partial charge in [0.05, 0.1) is 5.69 Å². The van der Waals surface area contributed by atoms with Gasteiger partial charge in [0.25, 0.3) is 0 Å². The lowest BCUT2D eigenvalue weighted by Gasteiger charge is -2.28. The van der Waals surface area contributed by atoms with E-state index in [0.29, 0.717) is 24.1 Å². The zero-order valence-corrected chi connectivity index (χ0v) is 34.1. The van der Waals surface area contributed by atoms with Crippen molar-refractivity contribution in [3.63, 3.8) is 0 Å². The smallest absolute Gasteiger partial charge is 0.234 e. The van der Waals surface area contributed by atoms with E-state index in [2.05, 4.69) is 200 Å². The average Bonchev–Trinajstić information content (AvgIpc) is 3.43. The third-order valence-electron chi connectivity index (χ3n) is 11.3. The van der Waals surface area contributed by atoms with Crippen LogP contribution in [0.25, 0.3) is 84.0 Å². The summed E-state index contributed by atoms with van der Waals surface area (Å²) in [7, 11) is 0. The Labute approximate surface area is 363 Å². The van der Waals surface area contributed by atoms with Gasteiger partial charge in [0.1, 0.15) is 0 Å². The summed E-state index contributed by atoms with van der Waals surface area (Å²) in [5, 5.41) is 0. The zero-order valence-electron chi connectivity index (χ0n) is 34.1. The predicted octanol–water partition coefficient (Wildman–Crippen LogP) is 14.8. The first kappa shape index (κ1) is 38.0. The molecular weight excluding hydrogens is 753 g/mol. The van der Waals surface area contributed by atoms with Gasteiger partial charge in [0.2, 0.25) is 5.95 Å². The van der Waals surface area contributed by atoms with E-state index in [-0.39, 0.29) is 0 Å². The predicted molar refractivity (Wildman–Crippen MR) is 259 cm³/mol. The van der Waals surface area contributed by atoms with E-state index in [4.69, 9.17) is 15.0 Å². The van der Waals surface area contributed by atoms with Crippen LogP contribution in [-0.4, -0.2) is 21.5 Å². The average molecular weight is 795 g/mol. The highest BCUT2D eigenvalue weighted by Gasteiger charge is 2.24. The topological polar surface area (TPSA) is 41.9 Å². The molecule has 0 N–H and O–H groups in total. The van der Waals surface area contributed by atoms with Crippen LogP contribution < -0.4 is 4.90 Å². The van der Waals surface area contributed by atoms with E-state index in [9.17, 15) is 0 Å². The minimum atomic E-state index is 0.527. The molecule has 0 radical (unpaired) electrons. The van der Waals surface area contributed by atoms with Gasteiger partial charge in [-0.3, -0.25) is 0 Å². The van der Waals surface area contributed by atoms with Gasteiger partial charge in [-0.05, 0) is 73.8 Å². The van der Waals surface area contributed by atoms with Crippen molar-refractivity contribution in [3.8, 4) is 78.4 Å². The van der Waals surface area contributed by atoms with Crippen molar-refractivity contribution in [2.24, 2.45) is 0 Å². The van der Waals surface area contributed by atoms with Crippen molar-refractivity contribution in [2.75, 3.05) is 11.4 Å². The van der Waals surface area contributed by atoms with E-state index in [1.165, 1.54) is 22.3 Å². The maximum absolute atomic E-state index is 5.26. The lowest BCUT2D eigenvalue weighted by molar-refractivity contribution is 0.960. The highest BCUT2D eigenvalue weighted by atomic mass is 15.3. The number of fused-ring (bicyclic) bond motifs is 1. The number of allylic oxidation sites excluding steroid dienone is 4. The van der Waals surface area contributed by atoms with E-state index in [1.54, 1.807) is 0 Å². The molecule has 0 amide bonds. The largest absolute Gasteiger partial charge is 0.305 e. The minimum Gasteiger partial charge on any atom is -0.305 e. The van der Waals surface area contributed by atoms with Crippen LogP contribution in [0.15, 0.2) is 237 Å². The number of hydrogen-bond acceptors (Lipinski definition) is 4. The molecule has 0 saturated carbocycles. The van der Waals surface area contributed by atoms with Crippen LogP contribution in [0.5, 0.6) is 0 Å². The van der Waals surface area contributed by atoms with Crippen molar-refractivity contribution >= 4 is 17.2 Å². The Kier molecular flexibility index (Phi) is 10.5. The monoisotopic (exact) mass is 794 g/mol. The molecule has 9 aromatic rings. The molecule has 4 nitrogen and oxygen atoms in total. The number of para-hydroxylation sites is 1. The first-order valence-corrected chi connectivity index (χ1v) is 20.9. The van der Waals surface area contributed by atoms with Crippen molar-refractivity contribution < 1.29 is 0 Å². The quantitative estimate of drug-likeness (QED) is 0.154. The Balaban J connectivity index is 1.09. The number of rotatable bonds is 8. The van der Waals surface area contributed by atoms with Crippen LogP contribution in [0.1, 0.15) is 5.56 Å². The molecule has 10 rings (SSSR count). The molecule has 0 unspecified atom stereocenters. The van der Waals surface area contributed by atoms with Crippen LogP contribution in [0.2, 0.25) is 0 Å². The number of anilines is 2. The molecule has 4 heteroatoms. The maximum Gasteiger partial charge on any atom is 0.234 e. The fraction of sp³-hybridized carbons (Fsp3) is 0.0172. The number of hydrogen-bond donors (Lipinski definition) is 0. The molecule has 0 bridgehead atoms. The summed E-state index contributed by atoms with van der Waals surface area (Å²) in [6, 6.07) is 72.4. The van der Waals surface area contributed by atoms with Crippen LogP contribution in [0, 0.1) is 0 Å². The number of nitrogens with zero attached hydrogens (tertiary/aromatic N) is 4. The van der Waals surface area contributed by atoms with Crippen molar-refractivity contribution in [1.82, 2.24) is 15.0 Å². The lowest BCUT2D eigenvalue weighted by Crippen LogP contribution is -2.22. The minimum absolute atomic E-state index is 0.527. The Morgan fingerprint density at radius 2 is 0.758 bits per heavy atom. The first-order valence-electron chi connectivity index (χ1n) is 20.9. The van der Waals surface area contributed by atoms with Gasteiger partial charge in [-0.25, -0.2) is 4.98 Å². The second-order valence-corrected chi connectivity index (χ2v) is 15.3. The number of aromatic nitrogens is 3. The molecule has 1 aliphatic heterocycles. The standard InChI is InChI=1S/C58H42N4/c1-41-18-7-6-16-37-62(58-60-56(48-25-14-5-15-26-48)59-57(61-58)49-35-31-45(32-36-49)42-19-8-2-9-20-42)55-53(41)27-17-28-54(55)47-33-29-46(30-34-47)52-39-50(43-21-10-3-11-22-43)38-51(40-52)44-23-12-4-13-24-44/h2-36,38-40H,1,37H2/b16-6-,18-7-. The molecule has 0 fully saturated rings. The summed E-state index contributed by atoms with van der Waals surface area (Å²) in [6.07, 6.45) is 8.32. The van der Waals surface area contributed by atoms with E-state index >= 15 is 0 Å². The van der Waals surface area contributed by atoms with Gasteiger partial charge in [-0.2, -0.15) is 9.97 Å². The molecule has 1 aromatic heterocycles. The normalized spacial score (nSPS) is 13.4. The van der Waals surface area contributed by atoms with Crippen LogP contribution >= 0.6 is 0 Å². The third kappa shape index (κ3) is 7.93. The summed E-state index contributed by atoms with van der Waals surface area (Å²) in [4.78, 5) is 17.8. The summed E-state index contributed by atoms with van der Waals surface area (Å²) < 4.78 is 0. The van der Waals surface area contributed by atoms with Crippen molar-refractivity contribution in [3.05, 3.63) is 243 Å². The molecule has 294 valence electrons. The summed E-state index contributed by atoms with van der Waals surface area (Å²) >= 11 is 0. The molecular formula is C58H42N4. The lowest BCUT2D eigenvalue weighted by atomic mass is 9.91. The summed E-state index contributed by atoms with van der Waals surface area (Å²) in [5.41, 5.74) is 16.2. The van der Waals surface area contributed by atoms with E-state index in [0.717, 1.165) is 61.3 Å². The maximum atomic E-state index is 5.26. The van der Waals surface area contributed by atoms with E-state index < -0.39 is 0 Å². The van der Waals surface area contributed by atoms with Gasteiger partial charge >= 0.3 is 0 Å². The molecule has 0 spiro atoms. The Morgan fingerprint density at radius 1 is 0.355 bits per heavy atom. The molecule has 0 aliphatic carbocycles. The van der Waals surface area contributed by atoms with Crippen LogP contribution in [0.3, 0.4) is 0 Å². The Hall–Kier alpha value is -8.21. The molecule has 8 aromatic carbocycles. The second kappa shape index (κ2) is 17.2. The molecule has 0 atom stereocenters. The van der Waals surface area contributed by atoms with Crippen LogP contribution in [-0.2, 0) is 0 Å². The summed E-state index contributed by atoms with van der Waals surface area (Å²) in [5.74, 6) is 1.76. The molecule has 1 aliphatic rings. The highest BCUT2D eigenvalue weighted by Crippen LogP contribution is 2.42. The van der Waals surface area contributed by atoms with Gasteiger partial charge in [0.15, 0.2) is 11.6 Å². The first-order chi connectivity index (χ1) is 30.6. The van der Waals surface area contributed by atoms with Crippen molar-refractivity contribution in [1.29, 1.82) is 0 Å². The number of benzene rings is 8. The second-order valence-electron chi connectivity index (χ2n) is 15.3.